The van der Waals surface area contributed by atoms with Crippen molar-refractivity contribution in [2.75, 3.05) is 13.2 Å². The van der Waals surface area contributed by atoms with Gasteiger partial charge < -0.3 is 14.1 Å². The van der Waals surface area contributed by atoms with E-state index in [-0.39, 0.29) is 13.0 Å². The van der Waals surface area contributed by atoms with E-state index in [1.54, 1.807) is 30.3 Å². The highest BCUT2D eigenvalue weighted by Gasteiger charge is 2.33. The van der Waals surface area contributed by atoms with Gasteiger partial charge in [0, 0.05) is 6.42 Å². The fraction of sp³-hybridized carbons (Fsp3) is 0.389. The number of alkyl halides is 3. The zero-order valence-electron chi connectivity index (χ0n) is 13.9. The van der Waals surface area contributed by atoms with E-state index in [0.29, 0.717) is 24.5 Å². The summed E-state index contributed by atoms with van der Waals surface area (Å²) in [6.45, 7) is 0.804. The number of carbonyl (C=O) groups excluding carboxylic acids is 1. The molecule has 0 saturated heterocycles. The highest BCUT2D eigenvalue weighted by atomic mass is 19.4. The second kappa shape index (κ2) is 8.60. The molecule has 0 aliphatic carbocycles. The first kappa shape index (κ1) is 18.9. The Morgan fingerprint density at radius 2 is 1.96 bits per heavy atom. The van der Waals surface area contributed by atoms with Gasteiger partial charge in [0.05, 0.1) is 19.4 Å². The van der Waals surface area contributed by atoms with Crippen LogP contribution < -0.4 is 4.74 Å². The largest absolute Gasteiger partial charge is 0.494 e. The Bertz CT molecular complexity index is 668. The number of rotatable bonds is 8. The van der Waals surface area contributed by atoms with E-state index in [4.69, 9.17) is 9.15 Å². The van der Waals surface area contributed by atoms with Crippen molar-refractivity contribution in [3.63, 3.8) is 0 Å². The molecule has 0 bridgehead atoms. The monoisotopic (exact) mass is 355 g/mol. The van der Waals surface area contributed by atoms with E-state index in [1.165, 1.54) is 6.26 Å². The molecule has 2 rings (SSSR count). The number of aryl methyl sites for hydroxylation is 1. The van der Waals surface area contributed by atoms with Crippen LogP contribution >= 0.6 is 0 Å². The predicted molar refractivity (Wildman–Crippen MR) is 86.1 cm³/mol. The number of carbonyl (C=O) groups is 1. The summed E-state index contributed by atoms with van der Waals surface area (Å²) in [5.41, 5.74) is 0.794. The molecule has 1 aromatic carbocycles. The summed E-state index contributed by atoms with van der Waals surface area (Å²) in [6, 6.07) is 10.3. The van der Waals surface area contributed by atoms with Crippen molar-refractivity contribution in [2.45, 2.75) is 32.5 Å². The van der Waals surface area contributed by atoms with E-state index < -0.39 is 18.6 Å². The van der Waals surface area contributed by atoms with Crippen LogP contribution in [0.15, 0.2) is 47.1 Å². The van der Waals surface area contributed by atoms with Gasteiger partial charge in [0.15, 0.2) is 0 Å². The predicted octanol–water partition coefficient (Wildman–Crippen LogP) is 4.20. The fourth-order valence-corrected chi connectivity index (χ4v) is 2.45. The van der Waals surface area contributed by atoms with Gasteiger partial charge in [-0.3, -0.25) is 4.79 Å². The van der Waals surface area contributed by atoms with Crippen molar-refractivity contribution in [3.8, 4) is 5.75 Å². The Balaban J connectivity index is 2.03. The van der Waals surface area contributed by atoms with Crippen LogP contribution in [0.4, 0.5) is 13.2 Å². The normalized spacial score (nSPS) is 11.4. The van der Waals surface area contributed by atoms with Crippen molar-refractivity contribution < 1.29 is 27.1 Å². The van der Waals surface area contributed by atoms with Gasteiger partial charge in [-0.25, -0.2) is 0 Å². The molecular weight excluding hydrogens is 335 g/mol. The molecule has 4 nitrogen and oxygen atoms in total. The number of para-hydroxylation sites is 1. The molecule has 0 aliphatic rings. The summed E-state index contributed by atoms with van der Waals surface area (Å²) in [7, 11) is 0. The van der Waals surface area contributed by atoms with Crippen molar-refractivity contribution in [1.82, 2.24) is 4.90 Å². The number of furan rings is 1. The summed E-state index contributed by atoms with van der Waals surface area (Å²) >= 11 is 0. The first-order chi connectivity index (χ1) is 11.9. The smallest absolute Gasteiger partial charge is 0.406 e. The van der Waals surface area contributed by atoms with Gasteiger partial charge in [-0.15, -0.1) is 0 Å². The summed E-state index contributed by atoms with van der Waals surface area (Å²) in [5.74, 6) is 0.374. The lowest BCUT2D eigenvalue weighted by molar-refractivity contribution is -0.162. The third kappa shape index (κ3) is 6.17. The zero-order chi connectivity index (χ0) is 18.3. The van der Waals surface area contributed by atoms with E-state index in [2.05, 4.69) is 0 Å². The highest BCUT2D eigenvalue weighted by Crippen LogP contribution is 2.22. The van der Waals surface area contributed by atoms with Crippen molar-refractivity contribution in [1.29, 1.82) is 0 Å². The highest BCUT2D eigenvalue weighted by molar-refractivity contribution is 5.76. The minimum Gasteiger partial charge on any atom is -0.494 e. The lowest BCUT2D eigenvalue weighted by atomic mass is 10.1. The molecular formula is C18H20F3NO3. The molecule has 0 spiro atoms. The average Bonchev–Trinajstić information content (AvgIpc) is 3.05. The fourth-order valence-electron chi connectivity index (χ4n) is 2.45. The standard InChI is InChI=1S/C18H20F3NO3/c1-2-24-16-8-4-3-6-14(16)9-10-17(23)22(13-18(19,20)21)12-15-7-5-11-25-15/h3-8,11H,2,9-10,12-13H2,1H3. The molecule has 25 heavy (non-hydrogen) atoms. The number of ether oxygens (including phenoxy) is 1. The molecule has 0 saturated carbocycles. The molecule has 2 aromatic rings. The first-order valence-electron chi connectivity index (χ1n) is 7.96. The molecule has 0 fully saturated rings. The molecule has 1 amide bonds. The maximum Gasteiger partial charge on any atom is 0.406 e. The Labute approximate surface area is 144 Å². The van der Waals surface area contributed by atoms with Gasteiger partial charge in [-0.05, 0) is 37.1 Å². The third-order valence-corrected chi connectivity index (χ3v) is 3.53. The summed E-state index contributed by atoms with van der Waals surface area (Å²) < 4.78 is 48.9. The number of amides is 1. The molecule has 0 radical (unpaired) electrons. The number of benzene rings is 1. The quantitative estimate of drug-likeness (QED) is 0.713. The molecule has 1 aromatic heterocycles. The molecule has 0 unspecified atom stereocenters. The maximum absolute atomic E-state index is 12.8. The van der Waals surface area contributed by atoms with Crippen LogP contribution in [0.5, 0.6) is 5.75 Å². The number of hydrogen-bond donors (Lipinski definition) is 0. The molecule has 0 N–H and O–H groups in total. The van der Waals surface area contributed by atoms with Gasteiger partial charge in [-0.2, -0.15) is 13.2 Å². The lowest BCUT2D eigenvalue weighted by Gasteiger charge is -2.23. The second-order valence-electron chi connectivity index (χ2n) is 5.49. The van der Waals surface area contributed by atoms with E-state index >= 15 is 0 Å². The minimum atomic E-state index is -4.47. The van der Waals surface area contributed by atoms with Crippen molar-refractivity contribution >= 4 is 5.91 Å². The number of hydrogen-bond acceptors (Lipinski definition) is 3. The van der Waals surface area contributed by atoms with Crippen LogP contribution in [0, 0.1) is 0 Å². The number of nitrogens with zero attached hydrogens (tertiary/aromatic N) is 1. The lowest BCUT2D eigenvalue weighted by Crippen LogP contribution is -2.38. The van der Waals surface area contributed by atoms with Crippen LogP contribution in [0.3, 0.4) is 0 Å². The molecule has 1 heterocycles. The second-order valence-corrected chi connectivity index (χ2v) is 5.49. The van der Waals surface area contributed by atoms with Gasteiger partial charge in [0.1, 0.15) is 18.1 Å². The number of halogens is 3. The Hall–Kier alpha value is -2.44. The van der Waals surface area contributed by atoms with E-state index in [1.807, 2.05) is 13.0 Å². The summed E-state index contributed by atoms with van der Waals surface area (Å²) in [6.07, 6.45) is -2.84. The Morgan fingerprint density at radius 3 is 2.60 bits per heavy atom. The molecule has 136 valence electrons. The Morgan fingerprint density at radius 1 is 1.20 bits per heavy atom. The van der Waals surface area contributed by atoms with Gasteiger partial charge in [0.25, 0.3) is 0 Å². The van der Waals surface area contributed by atoms with E-state index in [0.717, 1.165) is 10.5 Å². The summed E-state index contributed by atoms with van der Waals surface area (Å²) in [5, 5.41) is 0. The summed E-state index contributed by atoms with van der Waals surface area (Å²) in [4.78, 5) is 13.1. The first-order valence-corrected chi connectivity index (χ1v) is 7.96. The third-order valence-electron chi connectivity index (χ3n) is 3.53. The van der Waals surface area contributed by atoms with Crippen LogP contribution in [0.25, 0.3) is 0 Å². The molecule has 0 aliphatic heterocycles. The van der Waals surface area contributed by atoms with Crippen LogP contribution in [0.2, 0.25) is 0 Å². The van der Waals surface area contributed by atoms with Crippen LogP contribution in [-0.4, -0.2) is 30.1 Å². The maximum atomic E-state index is 12.8. The SMILES string of the molecule is CCOc1ccccc1CCC(=O)N(Cc1ccco1)CC(F)(F)F. The van der Waals surface area contributed by atoms with Crippen molar-refractivity contribution in [3.05, 3.63) is 54.0 Å². The average molecular weight is 355 g/mol. The molecule has 0 atom stereocenters. The van der Waals surface area contributed by atoms with Crippen LogP contribution in [-0.2, 0) is 17.8 Å². The van der Waals surface area contributed by atoms with Gasteiger partial charge in [-0.1, -0.05) is 18.2 Å². The van der Waals surface area contributed by atoms with Gasteiger partial charge in [0.2, 0.25) is 5.91 Å². The van der Waals surface area contributed by atoms with Crippen molar-refractivity contribution in [2.24, 2.45) is 0 Å². The zero-order valence-corrected chi connectivity index (χ0v) is 13.9. The topological polar surface area (TPSA) is 42.7 Å². The Kier molecular flexibility index (Phi) is 6.50. The molecule has 7 heteroatoms. The minimum absolute atomic E-state index is 0.0408. The van der Waals surface area contributed by atoms with E-state index in [9.17, 15) is 18.0 Å². The van der Waals surface area contributed by atoms with Gasteiger partial charge >= 0.3 is 6.18 Å². The van der Waals surface area contributed by atoms with Crippen LogP contribution in [0.1, 0.15) is 24.7 Å².